The van der Waals surface area contributed by atoms with Crippen LogP contribution in [0.1, 0.15) is 78.1 Å². The molecule has 3 unspecified atom stereocenters. The third-order valence-electron chi connectivity index (χ3n) is 5.73. The van der Waals surface area contributed by atoms with Crippen molar-refractivity contribution in [1.82, 2.24) is 5.32 Å². The van der Waals surface area contributed by atoms with Crippen LogP contribution in [-0.2, 0) is 23.9 Å². The average molecular weight is 487 g/mol. The number of hydrogen-bond acceptors (Lipinski definition) is 7. The first-order valence-electron chi connectivity index (χ1n) is 12.1. The van der Waals surface area contributed by atoms with Gasteiger partial charge in [0.1, 0.15) is 12.7 Å². The highest BCUT2D eigenvalue weighted by atomic mass is 19.1. The predicted molar refractivity (Wildman–Crippen MR) is 124 cm³/mol. The van der Waals surface area contributed by atoms with Crippen molar-refractivity contribution in [2.24, 2.45) is 5.92 Å². The van der Waals surface area contributed by atoms with E-state index in [2.05, 4.69) is 12.2 Å². The number of unbranched alkanes of at least 4 members (excludes halogenated alkanes) is 8. The van der Waals surface area contributed by atoms with E-state index in [1.165, 1.54) is 39.0 Å². The molecule has 4 N–H and O–H groups in total. The quantitative estimate of drug-likeness (QED) is 0.140. The van der Waals surface area contributed by atoms with E-state index in [4.69, 9.17) is 14.9 Å². The summed E-state index contributed by atoms with van der Waals surface area (Å²) in [6.07, 6.45) is 6.41. The number of carbonyl (C=O) groups excluding carboxylic acids is 2. The number of nitrogens with one attached hydrogen (secondary N) is 2. The van der Waals surface area contributed by atoms with Gasteiger partial charge in [0.2, 0.25) is 11.7 Å². The highest BCUT2D eigenvalue weighted by molar-refractivity contribution is 5.86. The Balaban J connectivity index is 2.49. The maximum absolute atomic E-state index is 15.1. The van der Waals surface area contributed by atoms with Crippen molar-refractivity contribution in [1.29, 1.82) is 5.41 Å². The molecule has 0 fully saturated rings. The molecule has 0 saturated heterocycles. The summed E-state index contributed by atoms with van der Waals surface area (Å²) in [6, 6.07) is -1.11. The minimum atomic E-state index is -2.18. The lowest BCUT2D eigenvalue weighted by atomic mass is 9.88. The summed E-state index contributed by atoms with van der Waals surface area (Å²) in [5, 5.41) is 29.4. The third-order valence-corrected chi connectivity index (χ3v) is 5.73. The van der Waals surface area contributed by atoms with Gasteiger partial charge in [0, 0.05) is 25.5 Å². The van der Waals surface area contributed by atoms with Gasteiger partial charge in [0.25, 0.3) is 0 Å². The predicted octanol–water partition coefficient (Wildman–Crippen LogP) is 3.29. The van der Waals surface area contributed by atoms with Gasteiger partial charge in [-0.3, -0.25) is 9.59 Å². The van der Waals surface area contributed by atoms with Gasteiger partial charge in [-0.15, -0.1) is 0 Å². The van der Waals surface area contributed by atoms with Gasteiger partial charge in [-0.2, -0.15) is 0 Å². The second kappa shape index (κ2) is 16.2. The molecule has 1 amide bonds. The first-order chi connectivity index (χ1) is 16.2. The van der Waals surface area contributed by atoms with Crippen molar-refractivity contribution in [3.8, 4) is 0 Å². The number of rotatable bonds is 17. The molecule has 34 heavy (non-hydrogen) atoms. The minimum absolute atomic E-state index is 0.162. The smallest absolute Gasteiger partial charge is 0.370 e. The number of aliphatic hydroxyl groups is 1. The Labute approximate surface area is 200 Å². The SMILES string of the molecule is CCCCCCCCCCCC(=O)OCC(O)C(F)[C@@H]1OC(C(=O)O)=C[C@H](C=N)C1NC(C)=O. The van der Waals surface area contributed by atoms with Crippen LogP contribution >= 0.6 is 0 Å². The fourth-order valence-corrected chi connectivity index (χ4v) is 3.85. The Morgan fingerprint density at radius 1 is 1.18 bits per heavy atom. The van der Waals surface area contributed by atoms with Gasteiger partial charge in [0.15, 0.2) is 12.3 Å². The van der Waals surface area contributed by atoms with E-state index in [-0.39, 0.29) is 6.42 Å². The van der Waals surface area contributed by atoms with Gasteiger partial charge < -0.3 is 30.4 Å². The standard InChI is InChI=1S/C24H39FN2O7/c1-3-4-5-6-7-8-9-10-11-12-20(30)33-15-18(29)21(25)23-22(27-16(2)28)17(14-26)13-19(34-23)24(31)32/h13-14,17-18,21-23,26,29H,3-12,15H2,1-2H3,(H,27,28)(H,31,32)/t17-,18?,21?,22?,23+/m1/s1. The van der Waals surface area contributed by atoms with Crippen LogP contribution in [0.2, 0.25) is 0 Å². The first kappa shape index (κ1) is 29.5. The number of amides is 1. The zero-order valence-electron chi connectivity index (χ0n) is 20.1. The van der Waals surface area contributed by atoms with E-state index in [9.17, 15) is 24.6 Å². The molecule has 1 rings (SSSR count). The molecule has 1 aliphatic heterocycles. The van der Waals surface area contributed by atoms with Gasteiger partial charge in [-0.05, 0) is 12.5 Å². The second-order valence-corrected chi connectivity index (χ2v) is 8.66. The van der Waals surface area contributed by atoms with Gasteiger partial charge in [-0.25, -0.2) is 9.18 Å². The number of hydrogen-bond donors (Lipinski definition) is 4. The molecule has 0 spiro atoms. The molecule has 1 aliphatic rings. The van der Waals surface area contributed by atoms with E-state index in [1.54, 1.807) is 0 Å². The van der Waals surface area contributed by atoms with Crippen LogP contribution in [-0.4, -0.2) is 65.3 Å². The monoisotopic (exact) mass is 486 g/mol. The van der Waals surface area contributed by atoms with Crippen LogP contribution < -0.4 is 5.32 Å². The number of carbonyl (C=O) groups is 3. The second-order valence-electron chi connectivity index (χ2n) is 8.66. The fraction of sp³-hybridized carbons (Fsp3) is 0.750. The Bertz CT molecular complexity index is 701. The summed E-state index contributed by atoms with van der Waals surface area (Å²) >= 11 is 0. The molecule has 5 atom stereocenters. The van der Waals surface area contributed by atoms with Crippen molar-refractivity contribution in [3.05, 3.63) is 11.8 Å². The summed E-state index contributed by atoms with van der Waals surface area (Å²) < 4.78 is 25.2. The number of carboxylic acids is 1. The van der Waals surface area contributed by atoms with Crippen LogP contribution in [0.3, 0.4) is 0 Å². The number of halogens is 1. The van der Waals surface area contributed by atoms with Crippen LogP contribution in [0.15, 0.2) is 11.8 Å². The molecule has 0 aromatic rings. The van der Waals surface area contributed by atoms with Gasteiger partial charge >= 0.3 is 11.9 Å². The minimum Gasteiger partial charge on any atom is -0.478 e. The summed E-state index contributed by atoms with van der Waals surface area (Å²) in [6.45, 7) is 2.73. The molecule has 194 valence electrons. The molecule has 10 heteroatoms. The van der Waals surface area contributed by atoms with Crippen molar-refractivity contribution in [2.45, 2.75) is 102 Å². The van der Waals surface area contributed by atoms with Gasteiger partial charge in [-0.1, -0.05) is 58.3 Å². The van der Waals surface area contributed by atoms with E-state index in [0.29, 0.717) is 6.42 Å². The molecule has 0 aromatic carbocycles. The highest BCUT2D eigenvalue weighted by Gasteiger charge is 2.44. The number of carboxylic acid groups (broad SMARTS) is 1. The Kier molecular flexibility index (Phi) is 14.1. The number of ether oxygens (including phenoxy) is 2. The van der Waals surface area contributed by atoms with E-state index in [1.807, 2.05) is 0 Å². The van der Waals surface area contributed by atoms with Crippen molar-refractivity contribution >= 4 is 24.1 Å². The van der Waals surface area contributed by atoms with Crippen LogP contribution in [0.25, 0.3) is 0 Å². The molecular weight excluding hydrogens is 447 g/mol. The molecular formula is C24H39FN2O7. The molecule has 0 aromatic heterocycles. The molecule has 1 heterocycles. The number of esters is 1. The zero-order valence-corrected chi connectivity index (χ0v) is 20.1. The van der Waals surface area contributed by atoms with E-state index < -0.39 is 60.6 Å². The average Bonchev–Trinajstić information content (AvgIpc) is 2.80. The fourth-order valence-electron chi connectivity index (χ4n) is 3.85. The zero-order chi connectivity index (χ0) is 25.5. The Hall–Kier alpha value is -2.49. The van der Waals surface area contributed by atoms with Crippen molar-refractivity contribution in [3.63, 3.8) is 0 Å². The molecule has 0 aliphatic carbocycles. The number of aliphatic hydroxyl groups excluding tert-OH is 1. The summed E-state index contributed by atoms with van der Waals surface area (Å²) in [5.74, 6) is -4.09. The van der Waals surface area contributed by atoms with Crippen molar-refractivity contribution < 1.29 is 38.5 Å². The third kappa shape index (κ3) is 10.6. The largest absolute Gasteiger partial charge is 0.478 e. The molecule has 0 saturated carbocycles. The van der Waals surface area contributed by atoms with Crippen LogP contribution in [0.4, 0.5) is 4.39 Å². The molecule has 0 radical (unpaired) electrons. The maximum Gasteiger partial charge on any atom is 0.370 e. The molecule has 9 nitrogen and oxygen atoms in total. The lowest BCUT2D eigenvalue weighted by Crippen LogP contribution is -2.57. The lowest BCUT2D eigenvalue weighted by Gasteiger charge is -2.37. The van der Waals surface area contributed by atoms with E-state index in [0.717, 1.165) is 31.6 Å². The summed E-state index contributed by atoms with van der Waals surface area (Å²) in [5.41, 5.74) is 0. The van der Waals surface area contributed by atoms with Gasteiger partial charge in [0.05, 0.1) is 6.04 Å². The number of alkyl halides is 1. The van der Waals surface area contributed by atoms with E-state index >= 15 is 4.39 Å². The molecule has 0 bridgehead atoms. The van der Waals surface area contributed by atoms with Crippen LogP contribution in [0, 0.1) is 11.3 Å². The number of aliphatic carboxylic acids is 1. The normalized spacial score (nSPS) is 21.5. The summed E-state index contributed by atoms with van der Waals surface area (Å²) in [4.78, 5) is 34.8. The first-order valence-corrected chi connectivity index (χ1v) is 12.1. The maximum atomic E-state index is 15.1. The topological polar surface area (TPSA) is 146 Å². The highest BCUT2D eigenvalue weighted by Crippen LogP contribution is 2.27. The lowest BCUT2D eigenvalue weighted by molar-refractivity contribution is -0.151. The Morgan fingerprint density at radius 2 is 1.76 bits per heavy atom. The summed E-state index contributed by atoms with van der Waals surface area (Å²) in [7, 11) is 0. The van der Waals surface area contributed by atoms with Crippen LogP contribution in [0.5, 0.6) is 0 Å². The van der Waals surface area contributed by atoms with Crippen molar-refractivity contribution in [2.75, 3.05) is 6.61 Å². The Morgan fingerprint density at radius 3 is 2.29 bits per heavy atom.